The predicted molar refractivity (Wildman–Crippen MR) is 103 cm³/mol. The van der Waals surface area contributed by atoms with Crippen molar-refractivity contribution in [3.63, 3.8) is 0 Å². The van der Waals surface area contributed by atoms with Crippen LogP contribution in [0.1, 0.15) is 51.9 Å². The van der Waals surface area contributed by atoms with Crippen molar-refractivity contribution in [1.82, 2.24) is 20.4 Å². The first-order chi connectivity index (χ1) is 13.9. The highest BCUT2D eigenvalue weighted by Gasteiger charge is 2.39. The molecule has 1 aromatic carbocycles. The first-order valence-electron chi connectivity index (χ1n) is 9.20. The van der Waals surface area contributed by atoms with Gasteiger partial charge in [-0.05, 0) is 36.6 Å². The third kappa shape index (κ3) is 3.38. The highest BCUT2D eigenvalue weighted by Crippen LogP contribution is 2.30. The number of piperidine rings is 1. The molecule has 0 aliphatic carbocycles. The Bertz CT molecular complexity index is 1050. The van der Waals surface area contributed by atoms with E-state index in [4.69, 9.17) is 11.6 Å². The summed E-state index contributed by atoms with van der Waals surface area (Å²) in [6.45, 7) is 2.13. The number of anilines is 1. The van der Waals surface area contributed by atoms with Crippen LogP contribution in [0.4, 0.5) is 5.69 Å². The fourth-order valence-corrected chi connectivity index (χ4v) is 3.90. The maximum Gasteiger partial charge on any atom is 0.277 e. The Morgan fingerprint density at radius 2 is 2.14 bits per heavy atom. The van der Waals surface area contributed by atoms with Gasteiger partial charge in [-0.3, -0.25) is 29.6 Å². The average molecular weight is 416 g/mol. The fraction of sp³-hybridized carbons (Fsp3) is 0.316. The second-order valence-corrected chi connectivity index (χ2v) is 7.32. The zero-order valence-electron chi connectivity index (χ0n) is 15.5. The van der Waals surface area contributed by atoms with Crippen molar-refractivity contribution in [1.29, 1.82) is 0 Å². The summed E-state index contributed by atoms with van der Waals surface area (Å²) in [5.41, 5.74) is 2.43. The molecule has 3 N–H and O–H groups in total. The molecule has 0 spiro atoms. The number of carbonyl (C=O) groups is 4. The van der Waals surface area contributed by atoms with Crippen LogP contribution in [0, 0.1) is 0 Å². The Labute approximate surface area is 170 Å². The van der Waals surface area contributed by atoms with Gasteiger partial charge < -0.3 is 10.2 Å². The van der Waals surface area contributed by atoms with E-state index < -0.39 is 17.9 Å². The number of hydrogen-bond donors (Lipinski definition) is 3. The number of amides is 4. The monoisotopic (exact) mass is 415 g/mol. The number of H-pyrrole nitrogens is 1. The normalized spacial score (nSPS) is 18.6. The maximum atomic E-state index is 12.7. The molecule has 10 heteroatoms. The Morgan fingerprint density at radius 3 is 2.83 bits per heavy atom. The zero-order valence-corrected chi connectivity index (χ0v) is 16.3. The number of rotatable bonds is 4. The average Bonchev–Trinajstić information content (AvgIpc) is 3.21. The van der Waals surface area contributed by atoms with Gasteiger partial charge in [0.25, 0.3) is 11.8 Å². The third-order valence-electron chi connectivity index (χ3n) is 5.13. The van der Waals surface area contributed by atoms with E-state index in [1.54, 1.807) is 18.2 Å². The van der Waals surface area contributed by atoms with Crippen LogP contribution in [0.15, 0.2) is 18.2 Å². The summed E-state index contributed by atoms with van der Waals surface area (Å²) in [7, 11) is 0. The van der Waals surface area contributed by atoms with E-state index >= 15 is 0 Å². The number of halogens is 1. The molecule has 4 rings (SSSR count). The SMILES string of the molecule is CCc1[nH]nc(C(=O)Nc2ccc3c(c2)CN(C2CCC(=O)NC2=O)C3=O)c1Cl. The number of nitrogens with zero attached hydrogens (tertiary/aromatic N) is 2. The van der Waals surface area contributed by atoms with Crippen LogP contribution in [0.2, 0.25) is 5.02 Å². The van der Waals surface area contributed by atoms with Crippen molar-refractivity contribution in [2.45, 2.75) is 38.8 Å². The van der Waals surface area contributed by atoms with Crippen molar-refractivity contribution < 1.29 is 19.2 Å². The molecule has 1 fully saturated rings. The van der Waals surface area contributed by atoms with Crippen molar-refractivity contribution in [3.05, 3.63) is 45.7 Å². The van der Waals surface area contributed by atoms with Gasteiger partial charge in [-0.2, -0.15) is 5.10 Å². The molecule has 0 radical (unpaired) electrons. The molecule has 150 valence electrons. The lowest BCUT2D eigenvalue weighted by Gasteiger charge is -2.29. The lowest BCUT2D eigenvalue weighted by atomic mass is 10.0. The highest BCUT2D eigenvalue weighted by atomic mass is 35.5. The molecule has 0 saturated carbocycles. The Hall–Kier alpha value is -3.20. The molecule has 2 aliphatic heterocycles. The molecule has 3 heterocycles. The van der Waals surface area contributed by atoms with Gasteiger partial charge in [0.15, 0.2) is 5.69 Å². The van der Waals surface area contributed by atoms with Gasteiger partial charge in [0, 0.05) is 24.2 Å². The van der Waals surface area contributed by atoms with Gasteiger partial charge in [-0.15, -0.1) is 0 Å². The summed E-state index contributed by atoms with van der Waals surface area (Å²) in [6.07, 6.45) is 1.11. The molecule has 9 nitrogen and oxygen atoms in total. The van der Waals surface area contributed by atoms with Crippen LogP contribution in [-0.4, -0.2) is 44.8 Å². The summed E-state index contributed by atoms with van der Waals surface area (Å²) in [6, 6.07) is 4.24. The predicted octanol–water partition coefficient (Wildman–Crippen LogP) is 1.64. The number of nitrogens with one attached hydrogen (secondary N) is 3. The molecule has 1 unspecified atom stereocenters. The number of carbonyl (C=O) groups excluding carboxylic acids is 4. The highest BCUT2D eigenvalue weighted by molar-refractivity contribution is 6.34. The van der Waals surface area contributed by atoms with Gasteiger partial charge in [0.1, 0.15) is 6.04 Å². The van der Waals surface area contributed by atoms with Gasteiger partial charge in [-0.25, -0.2) is 0 Å². The summed E-state index contributed by atoms with van der Waals surface area (Å²) in [5, 5.41) is 12.0. The maximum absolute atomic E-state index is 12.7. The number of fused-ring (bicyclic) bond motifs is 1. The molecule has 1 atom stereocenters. The largest absolute Gasteiger partial charge is 0.322 e. The molecule has 1 saturated heterocycles. The second-order valence-electron chi connectivity index (χ2n) is 6.94. The molecular weight excluding hydrogens is 398 g/mol. The van der Waals surface area contributed by atoms with E-state index in [-0.39, 0.29) is 35.5 Å². The van der Waals surface area contributed by atoms with Crippen LogP contribution in [-0.2, 0) is 22.6 Å². The Kier molecular flexibility index (Phi) is 4.83. The minimum absolute atomic E-state index is 0.102. The first-order valence-corrected chi connectivity index (χ1v) is 9.58. The minimum atomic E-state index is -0.680. The van der Waals surface area contributed by atoms with Crippen LogP contribution in [0.25, 0.3) is 0 Å². The third-order valence-corrected chi connectivity index (χ3v) is 5.53. The summed E-state index contributed by atoms with van der Waals surface area (Å²) in [4.78, 5) is 50.1. The van der Waals surface area contributed by atoms with E-state index in [0.717, 1.165) is 0 Å². The molecule has 0 bridgehead atoms. The van der Waals surface area contributed by atoms with E-state index in [2.05, 4.69) is 20.8 Å². The first kappa shape index (κ1) is 19.1. The number of aromatic nitrogens is 2. The van der Waals surface area contributed by atoms with E-state index in [1.807, 2.05) is 6.92 Å². The topological polar surface area (TPSA) is 124 Å². The smallest absolute Gasteiger partial charge is 0.277 e. The van der Waals surface area contributed by atoms with Gasteiger partial charge >= 0.3 is 0 Å². The molecular formula is C19H18ClN5O4. The number of hydrogen-bond acceptors (Lipinski definition) is 5. The fourth-order valence-electron chi connectivity index (χ4n) is 3.59. The van der Waals surface area contributed by atoms with Crippen LogP contribution >= 0.6 is 11.6 Å². The second kappa shape index (κ2) is 7.32. The van der Waals surface area contributed by atoms with Crippen molar-refractivity contribution in [2.24, 2.45) is 0 Å². The van der Waals surface area contributed by atoms with E-state index in [9.17, 15) is 19.2 Å². The minimum Gasteiger partial charge on any atom is -0.322 e. The van der Waals surface area contributed by atoms with Gasteiger partial charge in [-0.1, -0.05) is 18.5 Å². The standard InChI is InChI=1S/C19H18ClN5O4/c1-2-12-15(20)16(24-23-12)18(28)21-10-3-4-11-9(7-10)8-25(19(11)29)13-5-6-14(26)22-17(13)27/h3-4,7,13H,2,5-6,8H2,1H3,(H,21,28)(H,23,24)(H,22,26,27). The van der Waals surface area contributed by atoms with Gasteiger partial charge in [0.05, 0.1) is 10.7 Å². The molecule has 1 aromatic heterocycles. The molecule has 2 aromatic rings. The summed E-state index contributed by atoms with van der Waals surface area (Å²) in [5.74, 6) is -1.52. The van der Waals surface area contributed by atoms with Crippen molar-refractivity contribution in [3.8, 4) is 0 Å². The summed E-state index contributed by atoms with van der Waals surface area (Å²) >= 11 is 6.16. The number of imide groups is 1. The van der Waals surface area contributed by atoms with Crippen LogP contribution in [0.5, 0.6) is 0 Å². The Morgan fingerprint density at radius 1 is 1.34 bits per heavy atom. The van der Waals surface area contributed by atoms with E-state index in [0.29, 0.717) is 35.3 Å². The molecule has 29 heavy (non-hydrogen) atoms. The molecule has 2 aliphatic rings. The van der Waals surface area contributed by atoms with Crippen molar-refractivity contribution in [2.75, 3.05) is 5.32 Å². The van der Waals surface area contributed by atoms with Gasteiger partial charge in [0.2, 0.25) is 11.8 Å². The van der Waals surface area contributed by atoms with E-state index in [1.165, 1.54) is 4.90 Å². The lowest BCUT2D eigenvalue weighted by molar-refractivity contribution is -0.136. The number of aryl methyl sites for hydroxylation is 1. The molecule has 4 amide bonds. The number of benzene rings is 1. The summed E-state index contributed by atoms with van der Waals surface area (Å²) < 4.78 is 0. The lowest BCUT2D eigenvalue weighted by Crippen LogP contribution is -2.52. The number of aromatic amines is 1. The van der Waals surface area contributed by atoms with Crippen molar-refractivity contribution >= 4 is 40.9 Å². The van der Waals surface area contributed by atoms with Crippen LogP contribution in [0.3, 0.4) is 0 Å². The zero-order chi connectivity index (χ0) is 20.7. The van der Waals surface area contributed by atoms with Crippen LogP contribution < -0.4 is 10.6 Å². The Balaban J connectivity index is 1.51. The quantitative estimate of drug-likeness (QED) is 0.655.